The van der Waals surface area contributed by atoms with Gasteiger partial charge in [-0.2, -0.15) is 0 Å². The number of benzene rings is 1. The Hall–Kier alpha value is -0.550. The molecule has 3 heteroatoms. The molecule has 0 amide bonds. The Morgan fingerprint density at radius 2 is 2.23 bits per heavy atom. The van der Waals surface area contributed by atoms with Crippen LogP contribution < -0.4 is 5.73 Å². The highest BCUT2D eigenvalue weighted by Gasteiger charge is 2.02. The monoisotopic (exact) mass is 286 g/mol. The summed E-state index contributed by atoms with van der Waals surface area (Å²) in [5.74, 6) is 0. The second-order valence-electron chi connectivity index (χ2n) is 3.04. The number of aromatic nitrogens is 1. The fourth-order valence-electron chi connectivity index (χ4n) is 1.52. The van der Waals surface area contributed by atoms with Crippen LogP contribution in [0.2, 0.25) is 0 Å². The summed E-state index contributed by atoms with van der Waals surface area (Å²) in [5.41, 5.74) is 8.04. The zero-order valence-electron chi connectivity index (χ0n) is 7.18. The molecule has 0 fully saturated rings. The number of halogens is 1. The molecule has 0 bridgehead atoms. The van der Waals surface area contributed by atoms with Gasteiger partial charge in [-0.15, -0.1) is 0 Å². The maximum absolute atomic E-state index is 5.53. The minimum absolute atomic E-state index is 0.707. The van der Waals surface area contributed by atoms with Gasteiger partial charge in [-0.25, -0.2) is 0 Å². The Morgan fingerprint density at radius 1 is 1.38 bits per heavy atom. The zero-order valence-corrected chi connectivity index (χ0v) is 9.34. The largest absolute Gasteiger partial charge is 0.361 e. The van der Waals surface area contributed by atoms with Gasteiger partial charge in [-0.05, 0) is 53.3 Å². The first-order chi connectivity index (χ1) is 6.31. The first-order valence-electron chi connectivity index (χ1n) is 4.27. The van der Waals surface area contributed by atoms with Crippen LogP contribution in [0.25, 0.3) is 10.9 Å². The van der Waals surface area contributed by atoms with Crippen LogP contribution in [0.5, 0.6) is 0 Å². The number of nitrogens with two attached hydrogens (primary N) is 1. The first kappa shape index (κ1) is 9.02. The van der Waals surface area contributed by atoms with Crippen molar-refractivity contribution in [1.82, 2.24) is 4.98 Å². The Balaban J connectivity index is 2.55. The molecule has 0 aliphatic heterocycles. The lowest BCUT2D eigenvalue weighted by molar-refractivity contribution is 0.976. The third-order valence-corrected chi connectivity index (χ3v) is 2.81. The molecule has 2 aromatic rings. The standard InChI is InChI=1S/C10H11IN2/c11-8-1-2-9-7(3-4-12)6-13-10(9)5-8/h1-2,5-6,13H,3-4,12H2. The van der Waals surface area contributed by atoms with Crippen molar-refractivity contribution in [3.8, 4) is 0 Å². The maximum atomic E-state index is 5.53. The fourth-order valence-corrected chi connectivity index (χ4v) is 2.01. The van der Waals surface area contributed by atoms with Crippen molar-refractivity contribution in [3.63, 3.8) is 0 Å². The van der Waals surface area contributed by atoms with E-state index in [2.05, 4.69) is 45.8 Å². The lowest BCUT2D eigenvalue weighted by Gasteiger charge is -1.95. The predicted octanol–water partition coefficient (Wildman–Crippen LogP) is 2.27. The van der Waals surface area contributed by atoms with E-state index in [9.17, 15) is 0 Å². The highest BCUT2D eigenvalue weighted by atomic mass is 127. The topological polar surface area (TPSA) is 41.8 Å². The van der Waals surface area contributed by atoms with Crippen molar-refractivity contribution in [2.75, 3.05) is 6.54 Å². The smallest absolute Gasteiger partial charge is 0.0467 e. The van der Waals surface area contributed by atoms with Gasteiger partial charge >= 0.3 is 0 Å². The van der Waals surface area contributed by atoms with Gasteiger partial charge in [0, 0.05) is 20.7 Å². The summed E-state index contributed by atoms with van der Waals surface area (Å²) in [4.78, 5) is 3.25. The minimum Gasteiger partial charge on any atom is -0.361 e. The molecule has 0 aliphatic rings. The molecular weight excluding hydrogens is 275 g/mol. The molecule has 13 heavy (non-hydrogen) atoms. The van der Waals surface area contributed by atoms with Crippen molar-refractivity contribution >= 4 is 33.5 Å². The van der Waals surface area contributed by atoms with Crippen molar-refractivity contribution in [2.24, 2.45) is 5.73 Å². The molecule has 0 radical (unpaired) electrons. The molecule has 3 N–H and O–H groups in total. The highest BCUT2D eigenvalue weighted by Crippen LogP contribution is 2.20. The molecule has 2 rings (SSSR count). The summed E-state index contributed by atoms with van der Waals surface area (Å²) < 4.78 is 1.26. The van der Waals surface area contributed by atoms with E-state index in [1.54, 1.807) is 0 Å². The highest BCUT2D eigenvalue weighted by molar-refractivity contribution is 14.1. The van der Waals surface area contributed by atoms with Crippen LogP contribution in [-0.2, 0) is 6.42 Å². The maximum Gasteiger partial charge on any atom is 0.0467 e. The first-order valence-corrected chi connectivity index (χ1v) is 5.34. The van der Waals surface area contributed by atoms with Gasteiger partial charge < -0.3 is 10.7 Å². The molecule has 0 spiro atoms. The molecular formula is C10H11IN2. The number of aromatic amines is 1. The van der Waals surface area contributed by atoms with E-state index in [0.29, 0.717) is 6.54 Å². The lowest BCUT2D eigenvalue weighted by atomic mass is 10.1. The average molecular weight is 286 g/mol. The van der Waals surface area contributed by atoms with Gasteiger partial charge in [0.2, 0.25) is 0 Å². The van der Waals surface area contributed by atoms with Crippen molar-refractivity contribution in [3.05, 3.63) is 33.5 Å². The SMILES string of the molecule is NCCc1c[nH]c2cc(I)ccc12. The van der Waals surface area contributed by atoms with Gasteiger partial charge in [-0.1, -0.05) is 6.07 Å². The Kier molecular flexibility index (Phi) is 2.55. The minimum atomic E-state index is 0.707. The van der Waals surface area contributed by atoms with Crippen LogP contribution in [0, 0.1) is 3.57 Å². The molecule has 68 valence electrons. The second-order valence-corrected chi connectivity index (χ2v) is 4.29. The lowest BCUT2D eigenvalue weighted by Crippen LogP contribution is -2.01. The zero-order chi connectivity index (χ0) is 9.26. The Morgan fingerprint density at radius 3 is 3.00 bits per heavy atom. The van der Waals surface area contributed by atoms with E-state index in [1.165, 1.54) is 20.0 Å². The van der Waals surface area contributed by atoms with Gasteiger partial charge in [0.05, 0.1) is 0 Å². The molecule has 1 aromatic heterocycles. The third-order valence-electron chi connectivity index (χ3n) is 2.14. The molecule has 1 heterocycles. The van der Waals surface area contributed by atoms with E-state index in [1.807, 2.05) is 6.20 Å². The molecule has 0 atom stereocenters. The average Bonchev–Trinajstić information content (AvgIpc) is 2.49. The van der Waals surface area contributed by atoms with E-state index in [-0.39, 0.29) is 0 Å². The molecule has 0 aliphatic carbocycles. The summed E-state index contributed by atoms with van der Waals surface area (Å²) in [7, 11) is 0. The van der Waals surface area contributed by atoms with Gasteiger partial charge in [0.15, 0.2) is 0 Å². The Bertz CT molecular complexity index is 420. The summed E-state index contributed by atoms with van der Waals surface area (Å²) >= 11 is 2.31. The van der Waals surface area contributed by atoms with Crippen LogP contribution in [-0.4, -0.2) is 11.5 Å². The predicted molar refractivity (Wildman–Crippen MR) is 63.8 cm³/mol. The van der Waals surface area contributed by atoms with Gasteiger partial charge in [0.25, 0.3) is 0 Å². The summed E-state index contributed by atoms with van der Waals surface area (Å²) in [6.07, 6.45) is 2.99. The fraction of sp³-hybridized carbons (Fsp3) is 0.200. The number of hydrogen-bond acceptors (Lipinski definition) is 1. The molecule has 1 aromatic carbocycles. The number of rotatable bonds is 2. The van der Waals surface area contributed by atoms with Crippen molar-refractivity contribution < 1.29 is 0 Å². The van der Waals surface area contributed by atoms with E-state index >= 15 is 0 Å². The number of H-pyrrole nitrogens is 1. The van der Waals surface area contributed by atoms with Crippen molar-refractivity contribution in [1.29, 1.82) is 0 Å². The molecule has 0 saturated carbocycles. The number of fused-ring (bicyclic) bond motifs is 1. The van der Waals surface area contributed by atoms with Crippen LogP contribution in [0.3, 0.4) is 0 Å². The third kappa shape index (κ3) is 1.71. The summed E-state index contributed by atoms with van der Waals surface area (Å²) in [6.45, 7) is 0.707. The van der Waals surface area contributed by atoms with E-state index in [0.717, 1.165) is 6.42 Å². The Labute approximate surface area is 90.7 Å². The normalized spacial score (nSPS) is 10.9. The molecule has 0 unspecified atom stereocenters. The van der Waals surface area contributed by atoms with Crippen molar-refractivity contribution in [2.45, 2.75) is 6.42 Å². The van der Waals surface area contributed by atoms with Crippen LogP contribution in [0.15, 0.2) is 24.4 Å². The van der Waals surface area contributed by atoms with Crippen LogP contribution in [0.4, 0.5) is 0 Å². The molecule has 0 saturated heterocycles. The number of hydrogen-bond donors (Lipinski definition) is 2. The van der Waals surface area contributed by atoms with Crippen LogP contribution in [0.1, 0.15) is 5.56 Å². The van der Waals surface area contributed by atoms with Gasteiger partial charge in [-0.3, -0.25) is 0 Å². The summed E-state index contributed by atoms with van der Waals surface area (Å²) in [6, 6.07) is 6.42. The summed E-state index contributed by atoms with van der Waals surface area (Å²) in [5, 5.41) is 1.30. The number of nitrogens with one attached hydrogen (secondary N) is 1. The second kappa shape index (κ2) is 3.67. The van der Waals surface area contributed by atoms with E-state index < -0.39 is 0 Å². The van der Waals surface area contributed by atoms with Crippen LogP contribution >= 0.6 is 22.6 Å². The molecule has 2 nitrogen and oxygen atoms in total. The van der Waals surface area contributed by atoms with Gasteiger partial charge in [0.1, 0.15) is 0 Å². The van der Waals surface area contributed by atoms with E-state index in [4.69, 9.17) is 5.73 Å². The quantitative estimate of drug-likeness (QED) is 0.817.